The normalized spacial score (nSPS) is 17.0. The summed E-state index contributed by atoms with van der Waals surface area (Å²) in [4.78, 5) is 26.4. The van der Waals surface area contributed by atoms with Gasteiger partial charge in [-0.3, -0.25) is 14.8 Å². The fourth-order valence-corrected chi connectivity index (χ4v) is 2.80. The molecule has 2 aromatic rings. The van der Waals surface area contributed by atoms with Crippen LogP contribution in [-0.2, 0) is 9.59 Å². The Morgan fingerprint density at radius 3 is 2.52 bits per heavy atom. The van der Waals surface area contributed by atoms with Crippen molar-refractivity contribution in [3.63, 3.8) is 0 Å². The average Bonchev–Trinajstić information content (AvgIpc) is 2.94. The SMILES string of the molecule is CCCOc1ccccc1N1C(=O)C[C@H](N(O)c2ccccc2)C1=O. The van der Waals surface area contributed by atoms with Crippen LogP contribution in [0.25, 0.3) is 0 Å². The van der Waals surface area contributed by atoms with E-state index in [1.807, 2.05) is 13.0 Å². The van der Waals surface area contributed by atoms with Crippen molar-refractivity contribution in [3.05, 3.63) is 54.6 Å². The van der Waals surface area contributed by atoms with Crippen molar-refractivity contribution in [2.45, 2.75) is 25.8 Å². The lowest BCUT2D eigenvalue weighted by atomic mass is 10.2. The maximum atomic E-state index is 12.8. The van der Waals surface area contributed by atoms with E-state index in [2.05, 4.69) is 0 Å². The van der Waals surface area contributed by atoms with Crippen molar-refractivity contribution in [1.29, 1.82) is 0 Å². The largest absolute Gasteiger partial charge is 0.491 e. The van der Waals surface area contributed by atoms with E-state index in [0.717, 1.165) is 16.4 Å². The smallest absolute Gasteiger partial charge is 0.259 e. The van der Waals surface area contributed by atoms with E-state index in [0.29, 0.717) is 23.7 Å². The molecule has 25 heavy (non-hydrogen) atoms. The van der Waals surface area contributed by atoms with Crippen LogP contribution in [0.15, 0.2) is 54.6 Å². The fourth-order valence-electron chi connectivity index (χ4n) is 2.80. The Balaban J connectivity index is 1.87. The Labute approximate surface area is 146 Å². The van der Waals surface area contributed by atoms with Crippen molar-refractivity contribution in [2.75, 3.05) is 16.6 Å². The predicted octanol–water partition coefficient (Wildman–Crippen LogP) is 3.00. The first-order valence-corrected chi connectivity index (χ1v) is 8.25. The van der Waals surface area contributed by atoms with Crippen LogP contribution in [0.2, 0.25) is 0 Å². The molecule has 6 nitrogen and oxygen atoms in total. The molecule has 0 unspecified atom stereocenters. The number of hydroxylamine groups is 1. The van der Waals surface area contributed by atoms with Gasteiger partial charge in [0.1, 0.15) is 11.8 Å². The van der Waals surface area contributed by atoms with Crippen LogP contribution in [0, 0.1) is 0 Å². The van der Waals surface area contributed by atoms with Gasteiger partial charge in [0.25, 0.3) is 5.91 Å². The maximum Gasteiger partial charge on any atom is 0.259 e. The zero-order valence-electron chi connectivity index (χ0n) is 14.0. The van der Waals surface area contributed by atoms with Gasteiger partial charge in [-0.25, -0.2) is 9.96 Å². The summed E-state index contributed by atoms with van der Waals surface area (Å²) in [5.74, 6) is -0.350. The van der Waals surface area contributed by atoms with Crippen molar-refractivity contribution in [3.8, 4) is 5.75 Å². The van der Waals surface area contributed by atoms with Crippen molar-refractivity contribution in [2.24, 2.45) is 0 Å². The molecule has 1 atom stereocenters. The van der Waals surface area contributed by atoms with Gasteiger partial charge < -0.3 is 4.74 Å². The Morgan fingerprint density at radius 1 is 1.12 bits per heavy atom. The van der Waals surface area contributed by atoms with Crippen LogP contribution in [-0.4, -0.2) is 29.7 Å². The molecule has 1 heterocycles. The Morgan fingerprint density at radius 2 is 1.80 bits per heavy atom. The quantitative estimate of drug-likeness (QED) is 0.647. The first-order chi connectivity index (χ1) is 12.1. The molecule has 0 aliphatic carbocycles. The molecule has 2 amide bonds. The zero-order chi connectivity index (χ0) is 17.8. The average molecular weight is 340 g/mol. The summed E-state index contributed by atoms with van der Waals surface area (Å²) in [6.45, 7) is 2.47. The maximum absolute atomic E-state index is 12.8. The third-order valence-electron chi connectivity index (χ3n) is 4.01. The Bertz CT molecular complexity index is 763. The van der Waals surface area contributed by atoms with Crippen LogP contribution in [0.1, 0.15) is 19.8 Å². The number of nitrogens with zero attached hydrogens (tertiary/aromatic N) is 2. The number of imide groups is 1. The number of anilines is 2. The molecule has 1 saturated heterocycles. The number of carbonyl (C=O) groups excluding carboxylic acids is 2. The number of para-hydroxylation sites is 3. The summed E-state index contributed by atoms with van der Waals surface area (Å²) in [6.07, 6.45) is 0.726. The third kappa shape index (κ3) is 3.34. The molecule has 0 radical (unpaired) electrons. The Hall–Kier alpha value is -2.86. The van der Waals surface area contributed by atoms with E-state index in [4.69, 9.17) is 4.74 Å². The van der Waals surface area contributed by atoms with E-state index in [-0.39, 0.29) is 12.3 Å². The highest BCUT2D eigenvalue weighted by Crippen LogP contribution is 2.34. The van der Waals surface area contributed by atoms with E-state index < -0.39 is 11.9 Å². The standard InChI is InChI=1S/C19H20N2O4/c1-2-12-25-17-11-7-6-10-15(17)20-18(22)13-16(19(20)23)21(24)14-8-4-3-5-9-14/h3-11,16,24H,2,12-13H2,1H3/t16-/m0/s1. The van der Waals surface area contributed by atoms with Crippen LogP contribution in [0.5, 0.6) is 5.75 Å². The number of hydrogen-bond acceptors (Lipinski definition) is 5. The second kappa shape index (κ2) is 7.36. The lowest BCUT2D eigenvalue weighted by Crippen LogP contribution is -2.40. The molecule has 1 aliphatic rings. The number of benzene rings is 2. The summed E-state index contributed by atoms with van der Waals surface area (Å²) < 4.78 is 5.65. The summed E-state index contributed by atoms with van der Waals surface area (Å²) in [5, 5.41) is 11.2. The van der Waals surface area contributed by atoms with Crippen LogP contribution >= 0.6 is 0 Å². The number of hydrogen-bond donors (Lipinski definition) is 1. The second-order valence-electron chi connectivity index (χ2n) is 5.78. The van der Waals surface area contributed by atoms with E-state index in [9.17, 15) is 14.8 Å². The molecule has 1 N–H and O–H groups in total. The van der Waals surface area contributed by atoms with Gasteiger partial charge in [-0.05, 0) is 30.7 Å². The lowest BCUT2D eigenvalue weighted by molar-refractivity contribution is -0.121. The van der Waals surface area contributed by atoms with Gasteiger partial charge in [0.05, 0.1) is 24.4 Å². The first-order valence-electron chi connectivity index (χ1n) is 8.25. The van der Waals surface area contributed by atoms with Gasteiger partial charge in [0.2, 0.25) is 5.91 Å². The molecule has 3 rings (SSSR count). The predicted molar refractivity (Wildman–Crippen MR) is 93.8 cm³/mol. The Kier molecular flexibility index (Phi) is 5.00. The number of amides is 2. The lowest BCUT2D eigenvalue weighted by Gasteiger charge is -2.23. The van der Waals surface area contributed by atoms with Crippen molar-refractivity contribution < 1.29 is 19.5 Å². The van der Waals surface area contributed by atoms with E-state index >= 15 is 0 Å². The minimum Gasteiger partial charge on any atom is -0.491 e. The van der Waals surface area contributed by atoms with Crippen molar-refractivity contribution in [1.82, 2.24) is 0 Å². The van der Waals surface area contributed by atoms with Crippen molar-refractivity contribution >= 4 is 23.2 Å². The highest BCUT2D eigenvalue weighted by atomic mass is 16.5. The zero-order valence-corrected chi connectivity index (χ0v) is 14.0. The summed E-state index contributed by atoms with van der Waals surface area (Å²) in [7, 11) is 0. The number of carbonyl (C=O) groups is 2. The minimum atomic E-state index is -0.950. The van der Waals surface area contributed by atoms with E-state index in [1.165, 1.54) is 0 Å². The van der Waals surface area contributed by atoms with Crippen LogP contribution in [0.3, 0.4) is 0 Å². The summed E-state index contributed by atoms with van der Waals surface area (Å²) in [5.41, 5.74) is 0.876. The molecule has 1 aliphatic heterocycles. The highest BCUT2D eigenvalue weighted by molar-refractivity contribution is 6.23. The molecule has 0 bridgehead atoms. The third-order valence-corrected chi connectivity index (χ3v) is 4.01. The van der Waals surface area contributed by atoms with Gasteiger partial charge >= 0.3 is 0 Å². The minimum absolute atomic E-state index is 0.0909. The number of rotatable bonds is 6. The molecule has 2 aromatic carbocycles. The molecular weight excluding hydrogens is 320 g/mol. The molecule has 6 heteroatoms. The summed E-state index contributed by atoms with van der Waals surface area (Å²) in [6, 6.07) is 14.7. The van der Waals surface area contributed by atoms with Gasteiger partial charge in [-0.1, -0.05) is 37.3 Å². The van der Waals surface area contributed by atoms with Gasteiger partial charge in [-0.2, -0.15) is 0 Å². The summed E-state index contributed by atoms with van der Waals surface area (Å²) >= 11 is 0. The molecule has 0 spiro atoms. The highest BCUT2D eigenvalue weighted by Gasteiger charge is 2.44. The first kappa shape index (κ1) is 17.0. The topological polar surface area (TPSA) is 70.1 Å². The van der Waals surface area contributed by atoms with Gasteiger partial charge in [0.15, 0.2) is 0 Å². The molecule has 0 aromatic heterocycles. The fraction of sp³-hybridized carbons (Fsp3) is 0.263. The number of ether oxygens (including phenoxy) is 1. The molecule has 1 fully saturated rings. The van der Waals surface area contributed by atoms with E-state index in [1.54, 1.807) is 48.5 Å². The van der Waals surface area contributed by atoms with Gasteiger partial charge in [-0.15, -0.1) is 0 Å². The molecule has 0 saturated carbocycles. The van der Waals surface area contributed by atoms with Crippen LogP contribution < -0.4 is 14.7 Å². The van der Waals surface area contributed by atoms with Crippen LogP contribution in [0.4, 0.5) is 11.4 Å². The monoisotopic (exact) mass is 340 g/mol. The second-order valence-corrected chi connectivity index (χ2v) is 5.78. The molecule has 130 valence electrons. The molecular formula is C19H20N2O4. The van der Waals surface area contributed by atoms with Gasteiger partial charge in [0, 0.05) is 0 Å².